The highest BCUT2D eigenvalue weighted by molar-refractivity contribution is 8.34. The molecule has 0 aliphatic carbocycles. The van der Waals surface area contributed by atoms with Crippen molar-refractivity contribution in [3.05, 3.63) is 0 Å². The van der Waals surface area contributed by atoms with Gasteiger partial charge in [-0.3, -0.25) is 4.79 Å². The van der Waals surface area contributed by atoms with Crippen LogP contribution in [-0.2, 0) is 18.5 Å². The summed E-state index contributed by atoms with van der Waals surface area (Å²) < 4.78 is 30.4. The molecule has 0 N–H and O–H groups in total. The topological polar surface area (TPSA) is 60.4 Å². The number of Topliss-reactive ketones (excluding diaryl/α,β-unsaturated/α-hetero) is 1. The Balaban J connectivity index is 5.58. The Bertz CT molecular complexity index is 451. The summed E-state index contributed by atoms with van der Waals surface area (Å²) >= 11 is 0. The third kappa shape index (κ3) is 6.20. The minimum Gasteiger partial charge on any atom is -0.298 e. The van der Waals surface area contributed by atoms with Gasteiger partial charge in [0.1, 0.15) is 5.78 Å². The first-order chi connectivity index (χ1) is 9.78. The monoisotopic (exact) mass is 354 g/mol. The summed E-state index contributed by atoms with van der Waals surface area (Å²) in [7, 11) is -5.64. The zero-order valence-electron chi connectivity index (χ0n) is 15.4. The van der Waals surface area contributed by atoms with Gasteiger partial charge in [-0.15, -0.1) is 10.3 Å². The van der Waals surface area contributed by atoms with Gasteiger partial charge >= 0.3 is 0 Å². The summed E-state index contributed by atoms with van der Waals surface area (Å²) in [4.78, 5) is 12.5. The molecular weight excluding hydrogens is 320 g/mol. The minimum atomic E-state index is -3.60. The maximum atomic E-state index is 12.5. The molecule has 0 bridgehead atoms. The summed E-state index contributed by atoms with van der Waals surface area (Å²) in [6.45, 7) is 15.4. The highest BCUT2D eigenvalue weighted by atomic mass is 32.3. The highest BCUT2D eigenvalue weighted by Gasteiger charge is 2.41. The fraction of sp³-hybridized carbons (Fsp3) is 0.938. The molecule has 0 aliphatic rings. The van der Waals surface area contributed by atoms with Gasteiger partial charge in [-0.25, -0.2) is 3.63 Å². The van der Waals surface area contributed by atoms with Crippen LogP contribution < -0.4 is 0 Å². The van der Waals surface area contributed by atoms with E-state index in [-0.39, 0.29) is 27.8 Å². The van der Waals surface area contributed by atoms with Crippen LogP contribution in [0.15, 0.2) is 0 Å². The summed E-state index contributed by atoms with van der Waals surface area (Å²) in [6.07, 6.45) is 1.39. The van der Waals surface area contributed by atoms with Crippen molar-refractivity contribution in [2.75, 3.05) is 11.5 Å². The zero-order valence-corrected chi connectivity index (χ0v) is 17.1. The van der Waals surface area contributed by atoms with Gasteiger partial charge in [0.15, 0.2) is 0 Å². The lowest BCUT2D eigenvalue weighted by Crippen LogP contribution is -2.36. The summed E-state index contributed by atoms with van der Waals surface area (Å²) in [5.74, 6) is 0.300. The third-order valence-electron chi connectivity index (χ3n) is 3.77. The van der Waals surface area contributed by atoms with Crippen LogP contribution in [0, 0.1) is 5.41 Å². The molecule has 0 aliphatic heterocycles. The van der Waals surface area contributed by atoms with Gasteiger partial charge in [-0.1, -0.05) is 61.8 Å². The van der Waals surface area contributed by atoms with Crippen molar-refractivity contribution < 1.29 is 16.8 Å². The average Bonchev–Trinajstić information content (AvgIpc) is 2.33. The molecule has 0 rings (SSSR count). The van der Waals surface area contributed by atoms with Crippen LogP contribution in [0.4, 0.5) is 0 Å². The molecule has 0 atom stereocenters. The van der Waals surface area contributed by atoms with Crippen LogP contribution in [0.1, 0.15) is 68.2 Å². The number of unbranched alkanes of at least 4 members (excludes halogenated alkanes) is 1. The maximum Gasteiger partial charge on any atom is 0.276 e. The molecule has 0 saturated carbocycles. The lowest BCUT2D eigenvalue weighted by molar-refractivity contribution is -0.123. The second-order valence-corrected chi connectivity index (χ2v) is 13.2. The van der Waals surface area contributed by atoms with E-state index in [0.29, 0.717) is 6.42 Å². The molecule has 0 aromatic rings. The Hall–Kier alpha value is -0.0700. The Morgan fingerprint density at radius 3 is 1.82 bits per heavy atom. The molecule has 134 valence electrons. The molecule has 6 heteroatoms. The molecule has 0 amide bonds. The van der Waals surface area contributed by atoms with Crippen molar-refractivity contribution in [1.29, 1.82) is 0 Å². The minimum absolute atomic E-state index is 0.00945. The molecule has 4 nitrogen and oxygen atoms in total. The molecule has 0 spiro atoms. The van der Waals surface area contributed by atoms with Crippen LogP contribution >= 0.6 is 10.3 Å². The first kappa shape index (κ1) is 21.9. The quantitative estimate of drug-likeness (QED) is 0.620. The average molecular weight is 355 g/mol. The van der Waals surface area contributed by atoms with Crippen LogP contribution in [0.5, 0.6) is 0 Å². The summed E-state index contributed by atoms with van der Waals surface area (Å²) in [5, 5.41) is 0.0189. The van der Waals surface area contributed by atoms with Gasteiger partial charge in [-0.05, 0) is 6.42 Å². The Morgan fingerprint density at radius 1 is 1.05 bits per heavy atom. The van der Waals surface area contributed by atoms with Gasteiger partial charge < -0.3 is 0 Å². The Morgan fingerprint density at radius 2 is 1.50 bits per heavy atom. The van der Waals surface area contributed by atoms with E-state index in [1.807, 2.05) is 55.4 Å². The van der Waals surface area contributed by atoms with E-state index < -0.39 is 25.8 Å². The summed E-state index contributed by atoms with van der Waals surface area (Å²) in [6, 6.07) is 0. The predicted molar refractivity (Wildman–Crippen MR) is 97.0 cm³/mol. The fourth-order valence-corrected chi connectivity index (χ4v) is 8.53. The number of rotatable bonds is 9. The molecule has 0 heterocycles. The van der Waals surface area contributed by atoms with Crippen molar-refractivity contribution in [3.8, 4) is 0 Å². The second-order valence-electron chi connectivity index (χ2n) is 7.38. The van der Waals surface area contributed by atoms with Crippen LogP contribution in [0.25, 0.3) is 0 Å². The van der Waals surface area contributed by atoms with Gasteiger partial charge in [0.25, 0.3) is 10.1 Å². The number of ketones is 1. The smallest absolute Gasteiger partial charge is 0.276 e. The lowest BCUT2D eigenvalue weighted by Gasteiger charge is -2.46. The van der Waals surface area contributed by atoms with E-state index in [0.717, 1.165) is 6.42 Å². The number of hydrogen-bond acceptors (Lipinski definition) is 4. The first-order valence-electron chi connectivity index (χ1n) is 8.04. The maximum absolute atomic E-state index is 12.5. The van der Waals surface area contributed by atoms with Crippen LogP contribution in [-0.4, -0.2) is 36.2 Å². The lowest BCUT2D eigenvalue weighted by atomic mass is 9.92. The van der Waals surface area contributed by atoms with E-state index in [4.69, 9.17) is 3.63 Å². The molecular formula is C16H34O4S2. The Labute approximate surface area is 139 Å². The molecule has 0 saturated heterocycles. The van der Waals surface area contributed by atoms with Crippen molar-refractivity contribution >= 4 is 26.2 Å². The third-order valence-corrected chi connectivity index (χ3v) is 10.3. The van der Waals surface area contributed by atoms with Crippen molar-refractivity contribution in [2.45, 2.75) is 78.7 Å². The van der Waals surface area contributed by atoms with Gasteiger partial charge in [0.05, 0.1) is 11.5 Å². The van der Waals surface area contributed by atoms with E-state index in [1.165, 1.54) is 0 Å². The standard InChI is InChI=1S/C16H34O4S2/c1-9-10-11-22(18,19)20-21(13(2)3,14(4)5)12-15(17)16(6,7)8/h13-14H,9-12H2,1-8H3. The number of hydrogen-bond donors (Lipinski definition) is 0. The zero-order chi connectivity index (χ0) is 17.8. The van der Waals surface area contributed by atoms with E-state index >= 15 is 0 Å². The van der Waals surface area contributed by atoms with Crippen LogP contribution in [0.3, 0.4) is 0 Å². The molecule has 0 aromatic carbocycles. The van der Waals surface area contributed by atoms with E-state index in [2.05, 4.69) is 0 Å². The number of carbonyl (C=O) groups excluding carboxylic acids is 1. The predicted octanol–water partition coefficient (Wildman–Crippen LogP) is 4.28. The SMILES string of the molecule is CCCCS(=O)(=O)OS(CC(=O)C(C)(C)C)(C(C)C)C(C)C. The molecule has 0 unspecified atom stereocenters. The van der Waals surface area contributed by atoms with E-state index in [9.17, 15) is 13.2 Å². The van der Waals surface area contributed by atoms with Gasteiger partial charge in [0, 0.05) is 15.9 Å². The molecule has 0 fully saturated rings. The first-order valence-corrected chi connectivity index (χ1v) is 11.5. The fourth-order valence-electron chi connectivity index (χ4n) is 2.03. The van der Waals surface area contributed by atoms with Gasteiger partial charge in [0.2, 0.25) is 0 Å². The Kier molecular flexibility index (Phi) is 8.13. The normalized spacial score (nSPS) is 14.6. The number of carbonyl (C=O) groups is 1. The second kappa shape index (κ2) is 8.15. The van der Waals surface area contributed by atoms with Gasteiger partial charge in [-0.2, -0.15) is 8.42 Å². The van der Waals surface area contributed by atoms with Crippen molar-refractivity contribution in [2.24, 2.45) is 5.41 Å². The molecule has 22 heavy (non-hydrogen) atoms. The van der Waals surface area contributed by atoms with Crippen molar-refractivity contribution in [1.82, 2.24) is 0 Å². The highest BCUT2D eigenvalue weighted by Crippen LogP contribution is 2.59. The van der Waals surface area contributed by atoms with Crippen LogP contribution in [0.2, 0.25) is 0 Å². The molecule has 0 radical (unpaired) electrons. The summed E-state index contributed by atoms with van der Waals surface area (Å²) in [5.41, 5.74) is -0.488. The molecule has 0 aromatic heterocycles. The largest absolute Gasteiger partial charge is 0.298 e. The van der Waals surface area contributed by atoms with E-state index in [1.54, 1.807) is 0 Å². The van der Waals surface area contributed by atoms with Crippen molar-refractivity contribution in [3.63, 3.8) is 0 Å².